The number of aldehydes is 1. The molecule has 2 unspecified atom stereocenters. The predicted molar refractivity (Wildman–Crippen MR) is 271 cm³/mol. The molecule has 4 spiro atoms. The van der Waals surface area contributed by atoms with Gasteiger partial charge in [-0.05, 0) is 151 Å². The second kappa shape index (κ2) is 30.0. The van der Waals surface area contributed by atoms with E-state index >= 15 is 0 Å². The maximum atomic E-state index is 13.1. The van der Waals surface area contributed by atoms with Gasteiger partial charge >= 0.3 is 65.3 Å². The third kappa shape index (κ3) is 21.8. The first-order valence-corrected chi connectivity index (χ1v) is 27.6. The van der Waals surface area contributed by atoms with Gasteiger partial charge in [0.25, 0.3) is 0 Å². The molecule has 0 heterocycles. The summed E-state index contributed by atoms with van der Waals surface area (Å²) in [6.07, 6.45) is 32.8. The van der Waals surface area contributed by atoms with Crippen LogP contribution in [0.2, 0.25) is 0 Å². The van der Waals surface area contributed by atoms with E-state index in [1.54, 1.807) is 0 Å². The van der Waals surface area contributed by atoms with Crippen molar-refractivity contribution in [2.45, 2.75) is 192 Å². The number of carbonyl (C=O) groups is 1. The first-order chi connectivity index (χ1) is 26.3. The maximum Gasteiger partial charge on any atom is 1.00 e. The fraction of sp³-hybridized carbons (Fsp3) is 0.837. The average Bonchev–Trinajstić information content (AvgIpc) is 3.72. The number of allylic oxidation sites excluding steroid dienone is 3. The minimum atomic E-state index is -4.64. The Morgan fingerprint density at radius 2 is 0.871 bits per heavy atom. The van der Waals surface area contributed by atoms with Crippen molar-refractivity contribution in [3.05, 3.63) is 23.8 Å². The molecule has 2 atom stereocenters. The number of terminal acetylenes is 1. The number of hydrogen-bond donors (Lipinski definition) is 0. The molecule has 0 aromatic carbocycles. The molecule has 2 N–H and O–H groups in total. The number of rotatable bonds is 0. The number of carbonyl (C=O) groups excluding carboxylic acids is 1. The molecular formula is C43H62Br9F5Na2O3. The van der Waals surface area contributed by atoms with Gasteiger partial charge in [-0.25, -0.2) is 8.78 Å². The van der Waals surface area contributed by atoms with Gasteiger partial charge in [-0.2, -0.15) is 13.2 Å². The van der Waals surface area contributed by atoms with Gasteiger partial charge in [-0.15, -0.1) is 6.42 Å². The summed E-state index contributed by atoms with van der Waals surface area (Å²) in [5.74, 6) is 2.62. The van der Waals surface area contributed by atoms with Crippen molar-refractivity contribution in [2.24, 2.45) is 21.7 Å². The minimum absolute atomic E-state index is 0. The molecule has 10 aliphatic rings. The van der Waals surface area contributed by atoms with Gasteiger partial charge in [0.2, 0.25) is 6.29 Å². The van der Waals surface area contributed by atoms with E-state index in [4.69, 9.17) is 11.2 Å². The minimum Gasteiger partial charge on any atom is -0.870 e. The summed E-state index contributed by atoms with van der Waals surface area (Å²) in [6, 6.07) is 0. The molecule has 0 radical (unpaired) electrons. The Kier molecular flexibility index (Phi) is 34.2. The maximum absolute atomic E-state index is 13.1. The molecule has 62 heavy (non-hydrogen) atoms. The van der Waals surface area contributed by atoms with Crippen LogP contribution in [0.5, 0.6) is 0 Å². The van der Waals surface area contributed by atoms with Crippen molar-refractivity contribution in [1.29, 1.82) is 0 Å². The van der Waals surface area contributed by atoms with Gasteiger partial charge in [-0.1, -0.05) is 188 Å². The Morgan fingerprint density at radius 3 is 0.952 bits per heavy atom. The third-order valence-electron chi connectivity index (χ3n) is 13.3. The molecule has 10 rings (SSSR count). The topological polar surface area (TPSA) is 77.1 Å². The summed E-state index contributed by atoms with van der Waals surface area (Å²) in [4.78, 5) is 8.70. The molecule has 10 aliphatic carbocycles. The zero-order valence-electron chi connectivity index (χ0n) is 35.3. The molecule has 0 aromatic rings. The molecule has 0 aliphatic heterocycles. The number of hydrogen-bond acceptors (Lipinski definition) is 3. The van der Waals surface area contributed by atoms with E-state index in [0.29, 0.717) is 17.3 Å². The quantitative estimate of drug-likeness (QED) is 0.0605. The summed E-state index contributed by atoms with van der Waals surface area (Å²) >= 11 is 30.2. The van der Waals surface area contributed by atoms with E-state index < -0.39 is 21.6 Å². The Labute approximate surface area is 489 Å². The SMILES string of the molecule is BrC(Br)Br.BrC1(Br)CC12CCC2.BrC1(Br)CC12CCCC2.C.C#CC1=CCCC1.C=C1CCC1.FC1(Br)CC12CCCC2.FC1(Br)CC12CCCC2.O=CC(F)(F)F.[Na+].[Na+].[OH-].[OH-]. The standard InChI is InChI=1S/C7H10Br2.2C7H10BrF.C7H8.C6H8Br2.C5H8.C2HF3O.CHBr3.CH4.2Na.2H2O/c3*8-7(9)5-6(7)3-1-2-4-6;1-2-7-5-3-4-6-7;7-6(8)4-5(6)2-1-3-5;1-5-3-2-4-5;3-2(4,5)1-6;2-1(3)4;;;;;/h3*1-5H2;1,5H,3-4,6H2;1-4H2;1-4H2;1H;1H;1H4;;;2*1H2/q;;;;;;;;;2*+1;;/p-2. The zero-order valence-corrected chi connectivity index (χ0v) is 53.6. The van der Waals surface area contributed by atoms with Crippen LogP contribution in [-0.2, 0) is 4.79 Å². The monoisotopic (exact) mass is 1480 g/mol. The molecule has 352 valence electrons. The van der Waals surface area contributed by atoms with Crippen molar-refractivity contribution in [3.63, 3.8) is 0 Å². The van der Waals surface area contributed by atoms with E-state index in [2.05, 4.69) is 162 Å². The van der Waals surface area contributed by atoms with Gasteiger partial charge in [0.1, 0.15) is 2.65 Å². The van der Waals surface area contributed by atoms with E-state index in [-0.39, 0.29) is 91.0 Å². The van der Waals surface area contributed by atoms with Gasteiger partial charge < -0.3 is 11.0 Å². The second-order valence-corrected chi connectivity index (χ2v) is 33.9. The summed E-state index contributed by atoms with van der Waals surface area (Å²) in [5.41, 5.74) is 4.19. The fourth-order valence-electron chi connectivity index (χ4n) is 8.68. The van der Waals surface area contributed by atoms with Crippen LogP contribution in [0, 0.1) is 34.0 Å². The Morgan fingerprint density at radius 1 is 0.613 bits per heavy atom. The van der Waals surface area contributed by atoms with Crippen molar-refractivity contribution in [3.8, 4) is 12.3 Å². The van der Waals surface area contributed by atoms with Crippen LogP contribution >= 0.6 is 143 Å². The third-order valence-corrected chi connectivity index (χ3v) is 20.0. The largest absolute Gasteiger partial charge is 1.00 e. The molecule has 0 bridgehead atoms. The van der Waals surface area contributed by atoms with E-state index in [0.717, 1.165) is 44.9 Å². The fourth-order valence-corrected chi connectivity index (χ4v) is 14.3. The van der Waals surface area contributed by atoms with Gasteiger partial charge in [0, 0.05) is 23.7 Å². The summed E-state index contributed by atoms with van der Waals surface area (Å²) in [6.45, 7) is 3.76. The second-order valence-electron chi connectivity index (χ2n) is 17.4. The normalized spacial score (nSPS) is 28.7. The van der Waals surface area contributed by atoms with Crippen molar-refractivity contribution in [2.75, 3.05) is 0 Å². The van der Waals surface area contributed by atoms with Gasteiger partial charge in [-0.3, -0.25) is 4.79 Å². The van der Waals surface area contributed by atoms with Crippen molar-refractivity contribution < 1.29 is 96.8 Å². The van der Waals surface area contributed by atoms with Crippen molar-refractivity contribution >= 4 is 150 Å². The van der Waals surface area contributed by atoms with Crippen molar-refractivity contribution in [1.82, 2.24) is 0 Å². The van der Waals surface area contributed by atoms with Crippen LogP contribution < -0.4 is 59.1 Å². The van der Waals surface area contributed by atoms with E-state index in [9.17, 15) is 22.0 Å². The molecular weight excluding hydrogens is 1420 g/mol. The molecule has 9 saturated carbocycles. The molecule has 3 nitrogen and oxygen atoms in total. The summed E-state index contributed by atoms with van der Waals surface area (Å²) in [7, 11) is 0. The number of alkyl halides is 14. The molecule has 0 aromatic heterocycles. The molecule has 9 fully saturated rings. The molecule has 0 saturated heterocycles. The number of halogens is 14. The van der Waals surface area contributed by atoms with Crippen LogP contribution in [-0.4, -0.2) is 41.7 Å². The first-order valence-electron chi connectivity index (χ1n) is 20.1. The van der Waals surface area contributed by atoms with Crippen LogP contribution in [0.4, 0.5) is 22.0 Å². The Bertz CT molecular complexity index is 1310. The van der Waals surface area contributed by atoms with E-state index in [1.807, 2.05) is 0 Å². The summed E-state index contributed by atoms with van der Waals surface area (Å²) < 4.78 is 56.5. The predicted octanol–water partition coefficient (Wildman–Crippen LogP) is 13.5. The Hall–Kier alpha value is 4.60. The summed E-state index contributed by atoms with van der Waals surface area (Å²) in [5, 5.41) is 0. The molecule has 19 heteroatoms. The first kappa shape index (κ1) is 70.9. The van der Waals surface area contributed by atoms with Gasteiger partial charge in [0.15, 0.2) is 9.16 Å². The smallest absolute Gasteiger partial charge is 0.870 e. The zero-order chi connectivity index (χ0) is 43.0. The van der Waals surface area contributed by atoms with Gasteiger partial charge in [0.05, 0.1) is 6.47 Å². The average molecular weight is 1490 g/mol. The van der Waals surface area contributed by atoms with Crippen LogP contribution in [0.3, 0.4) is 0 Å². The van der Waals surface area contributed by atoms with E-state index in [1.165, 1.54) is 127 Å². The van der Waals surface area contributed by atoms with Crippen LogP contribution in [0.15, 0.2) is 23.8 Å². The van der Waals surface area contributed by atoms with Crippen LogP contribution in [0.25, 0.3) is 0 Å². The van der Waals surface area contributed by atoms with Crippen LogP contribution in [0.1, 0.15) is 168 Å². The molecule has 0 amide bonds. The Balaban J connectivity index is -0.000000642.